The molecule has 1 N–H and O–H groups in total. The van der Waals surface area contributed by atoms with Crippen molar-refractivity contribution in [1.82, 2.24) is 10.2 Å². The average molecular weight is 591 g/mol. The van der Waals surface area contributed by atoms with Crippen molar-refractivity contribution in [2.45, 2.75) is 39.8 Å². The maximum atomic E-state index is 14.0. The van der Waals surface area contributed by atoms with Crippen molar-refractivity contribution >= 4 is 50.7 Å². The summed E-state index contributed by atoms with van der Waals surface area (Å²) >= 11 is 12.6. The SMILES string of the molecule is CCNC(=O)[C@H](Cc1ccccc1)N(Cc1ccc(Cl)cc1Cl)C(=O)CN(c1ccc(C)cc1C)S(C)(=O)=O. The highest BCUT2D eigenvalue weighted by atomic mass is 35.5. The molecule has 2 amide bonds. The van der Waals surface area contributed by atoms with Crippen LogP contribution in [0.15, 0.2) is 66.7 Å². The molecule has 0 heterocycles. The Hall–Kier alpha value is -3.07. The van der Waals surface area contributed by atoms with E-state index < -0.39 is 28.5 Å². The van der Waals surface area contributed by atoms with Crippen LogP contribution in [0.2, 0.25) is 10.0 Å². The Kier molecular flexibility index (Phi) is 10.4. The van der Waals surface area contributed by atoms with E-state index in [0.29, 0.717) is 33.4 Å². The van der Waals surface area contributed by atoms with E-state index in [4.69, 9.17) is 23.2 Å². The highest BCUT2D eigenvalue weighted by molar-refractivity contribution is 7.92. The van der Waals surface area contributed by atoms with Crippen molar-refractivity contribution in [3.63, 3.8) is 0 Å². The highest BCUT2D eigenvalue weighted by Crippen LogP contribution is 2.27. The Morgan fingerprint density at radius 1 is 0.974 bits per heavy atom. The molecule has 10 heteroatoms. The minimum Gasteiger partial charge on any atom is -0.355 e. The second kappa shape index (κ2) is 13.3. The number of benzene rings is 3. The van der Waals surface area contributed by atoms with Gasteiger partial charge in [0.1, 0.15) is 12.6 Å². The van der Waals surface area contributed by atoms with Crippen molar-refractivity contribution in [2.24, 2.45) is 0 Å². The van der Waals surface area contributed by atoms with E-state index in [1.165, 1.54) is 4.90 Å². The van der Waals surface area contributed by atoms with Crippen LogP contribution in [-0.2, 0) is 32.6 Å². The third kappa shape index (κ3) is 8.21. The zero-order valence-corrected chi connectivity index (χ0v) is 24.8. The molecule has 0 aliphatic carbocycles. The molecule has 1 atom stereocenters. The first-order valence-electron chi connectivity index (χ1n) is 12.5. The molecular formula is C29H33Cl2N3O4S. The second-order valence-corrected chi connectivity index (χ2v) is 12.2. The molecule has 3 rings (SSSR count). The van der Waals surface area contributed by atoms with E-state index in [1.807, 2.05) is 43.3 Å². The topological polar surface area (TPSA) is 86.8 Å². The Bertz CT molecular complexity index is 1430. The summed E-state index contributed by atoms with van der Waals surface area (Å²) in [5, 5.41) is 3.59. The number of nitrogens with zero attached hydrogens (tertiary/aromatic N) is 2. The lowest BCUT2D eigenvalue weighted by Gasteiger charge is -2.34. The Morgan fingerprint density at radius 3 is 2.26 bits per heavy atom. The van der Waals surface area contributed by atoms with Gasteiger partial charge in [0.2, 0.25) is 21.8 Å². The maximum absolute atomic E-state index is 14.0. The number of carbonyl (C=O) groups is 2. The molecule has 0 aromatic heterocycles. The molecule has 3 aromatic carbocycles. The summed E-state index contributed by atoms with van der Waals surface area (Å²) in [7, 11) is -3.84. The fraction of sp³-hybridized carbons (Fsp3) is 0.310. The van der Waals surface area contributed by atoms with Crippen molar-refractivity contribution in [2.75, 3.05) is 23.7 Å². The van der Waals surface area contributed by atoms with Crippen molar-refractivity contribution < 1.29 is 18.0 Å². The Morgan fingerprint density at radius 2 is 1.67 bits per heavy atom. The molecule has 0 saturated carbocycles. The summed E-state index contributed by atoms with van der Waals surface area (Å²) in [6, 6.07) is 18.7. The Labute approximate surface area is 240 Å². The monoisotopic (exact) mass is 589 g/mol. The van der Waals surface area contributed by atoms with Crippen LogP contribution in [-0.4, -0.2) is 50.5 Å². The molecule has 7 nitrogen and oxygen atoms in total. The fourth-order valence-corrected chi connectivity index (χ4v) is 5.73. The first-order chi connectivity index (χ1) is 18.4. The van der Waals surface area contributed by atoms with Gasteiger partial charge in [0.05, 0.1) is 11.9 Å². The number of aryl methyl sites for hydroxylation is 2. The molecule has 0 saturated heterocycles. The fourth-order valence-electron chi connectivity index (χ4n) is 4.36. The first kappa shape index (κ1) is 30.5. The van der Waals surface area contributed by atoms with Crippen LogP contribution >= 0.6 is 23.2 Å². The number of likely N-dealkylation sites (N-methyl/N-ethyl adjacent to an activating group) is 1. The summed E-state index contributed by atoms with van der Waals surface area (Å²) in [4.78, 5) is 28.8. The van der Waals surface area contributed by atoms with Gasteiger partial charge in [-0.15, -0.1) is 0 Å². The van der Waals surface area contributed by atoms with Crippen LogP contribution in [0.25, 0.3) is 0 Å². The van der Waals surface area contributed by atoms with Crippen LogP contribution < -0.4 is 9.62 Å². The van der Waals surface area contributed by atoms with Crippen molar-refractivity contribution in [1.29, 1.82) is 0 Å². The number of sulfonamides is 1. The molecule has 39 heavy (non-hydrogen) atoms. The zero-order chi connectivity index (χ0) is 28.7. The number of anilines is 1. The zero-order valence-electron chi connectivity index (χ0n) is 22.4. The predicted octanol–water partition coefficient (Wildman–Crippen LogP) is 5.15. The maximum Gasteiger partial charge on any atom is 0.244 e. The number of hydrogen-bond acceptors (Lipinski definition) is 4. The molecular weight excluding hydrogens is 557 g/mol. The number of halogens is 2. The van der Waals surface area contributed by atoms with Crippen LogP contribution in [0.5, 0.6) is 0 Å². The van der Waals surface area contributed by atoms with E-state index in [-0.39, 0.29) is 18.9 Å². The standard InChI is InChI=1S/C29H33Cl2N3O4S/c1-5-32-29(36)27(16-22-9-7-6-8-10-22)33(18-23-12-13-24(30)17-25(23)31)28(35)19-34(39(4,37)38)26-14-11-20(2)15-21(26)3/h6-15,17,27H,5,16,18-19H2,1-4H3,(H,32,36)/t27-/m0/s1. The summed E-state index contributed by atoms with van der Waals surface area (Å²) in [5.41, 5.74) is 3.51. The van der Waals surface area contributed by atoms with Crippen molar-refractivity contribution in [3.05, 3.63) is 99.0 Å². The molecule has 0 radical (unpaired) electrons. The summed E-state index contributed by atoms with van der Waals surface area (Å²) in [6.07, 6.45) is 1.29. The second-order valence-electron chi connectivity index (χ2n) is 9.42. The van der Waals surface area contributed by atoms with Gasteiger partial charge >= 0.3 is 0 Å². The summed E-state index contributed by atoms with van der Waals surface area (Å²) in [5.74, 6) is -0.893. The van der Waals surface area contributed by atoms with E-state index in [9.17, 15) is 18.0 Å². The van der Waals surface area contributed by atoms with Gasteiger partial charge in [0.25, 0.3) is 0 Å². The van der Waals surface area contributed by atoms with Crippen LogP contribution in [0, 0.1) is 13.8 Å². The van der Waals surface area contributed by atoms with Gasteiger partial charge in [-0.2, -0.15) is 0 Å². The minimum absolute atomic E-state index is 0.0199. The smallest absolute Gasteiger partial charge is 0.244 e. The van der Waals surface area contributed by atoms with E-state index in [0.717, 1.165) is 21.7 Å². The summed E-state index contributed by atoms with van der Waals surface area (Å²) in [6.45, 7) is 5.36. The molecule has 0 fully saturated rings. The number of rotatable bonds is 11. The first-order valence-corrected chi connectivity index (χ1v) is 15.1. The lowest BCUT2D eigenvalue weighted by atomic mass is 10.0. The van der Waals surface area contributed by atoms with Gasteiger partial charge in [0.15, 0.2) is 0 Å². The van der Waals surface area contributed by atoms with Crippen molar-refractivity contribution in [3.8, 4) is 0 Å². The Balaban J connectivity index is 2.08. The summed E-state index contributed by atoms with van der Waals surface area (Å²) < 4.78 is 26.9. The lowest BCUT2D eigenvalue weighted by Crippen LogP contribution is -2.53. The number of carbonyl (C=O) groups excluding carboxylic acids is 2. The quantitative estimate of drug-likeness (QED) is 0.335. The molecule has 208 valence electrons. The van der Waals surface area contributed by atoms with Gasteiger partial charge in [0, 0.05) is 29.6 Å². The third-order valence-corrected chi connectivity index (χ3v) is 7.99. The molecule has 0 aliphatic rings. The van der Waals surface area contributed by atoms with Gasteiger partial charge in [-0.25, -0.2) is 8.42 Å². The highest BCUT2D eigenvalue weighted by Gasteiger charge is 2.33. The van der Waals surface area contributed by atoms with E-state index in [1.54, 1.807) is 44.2 Å². The minimum atomic E-state index is -3.84. The van der Waals surface area contributed by atoms with Gasteiger partial charge < -0.3 is 10.2 Å². The predicted molar refractivity (Wildman–Crippen MR) is 158 cm³/mol. The number of nitrogens with one attached hydrogen (secondary N) is 1. The van der Waals surface area contributed by atoms with Gasteiger partial charge in [-0.1, -0.05) is 77.3 Å². The van der Waals surface area contributed by atoms with E-state index >= 15 is 0 Å². The number of amides is 2. The van der Waals surface area contributed by atoms with Gasteiger partial charge in [-0.05, 0) is 55.7 Å². The van der Waals surface area contributed by atoms with Crippen LogP contribution in [0.1, 0.15) is 29.2 Å². The molecule has 0 unspecified atom stereocenters. The molecule has 0 bridgehead atoms. The lowest BCUT2D eigenvalue weighted by molar-refractivity contribution is -0.140. The van der Waals surface area contributed by atoms with E-state index in [2.05, 4.69) is 5.32 Å². The van der Waals surface area contributed by atoms with Crippen LogP contribution in [0.4, 0.5) is 5.69 Å². The largest absolute Gasteiger partial charge is 0.355 e. The normalized spacial score (nSPS) is 12.1. The molecule has 3 aromatic rings. The van der Waals surface area contributed by atoms with Crippen LogP contribution in [0.3, 0.4) is 0 Å². The average Bonchev–Trinajstić information content (AvgIpc) is 2.86. The third-order valence-electron chi connectivity index (χ3n) is 6.28. The molecule has 0 aliphatic heterocycles. The number of hydrogen-bond donors (Lipinski definition) is 1. The molecule has 0 spiro atoms. The van der Waals surface area contributed by atoms with Gasteiger partial charge in [-0.3, -0.25) is 13.9 Å².